The second kappa shape index (κ2) is 5.51. The molecule has 1 heterocycles. The maximum Gasteiger partial charge on any atom is 0.242 e. The molecule has 2 bridgehead atoms. The summed E-state index contributed by atoms with van der Waals surface area (Å²) in [7, 11) is 0. The predicted molar refractivity (Wildman–Crippen MR) is 72.3 cm³/mol. The van der Waals surface area contributed by atoms with E-state index >= 15 is 0 Å². The molecule has 1 saturated heterocycles. The zero-order valence-corrected chi connectivity index (χ0v) is 11.5. The molecule has 4 unspecified atom stereocenters. The molecule has 2 saturated carbocycles. The van der Waals surface area contributed by atoms with Crippen molar-refractivity contribution in [2.24, 2.45) is 17.8 Å². The van der Waals surface area contributed by atoms with E-state index in [0.29, 0.717) is 12.3 Å². The normalized spacial score (nSPS) is 37.8. The van der Waals surface area contributed by atoms with Crippen LogP contribution in [0.4, 0.5) is 0 Å². The molecule has 1 aliphatic heterocycles. The van der Waals surface area contributed by atoms with Crippen LogP contribution in [-0.2, 0) is 9.59 Å². The first kappa shape index (κ1) is 12.9. The van der Waals surface area contributed by atoms with Gasteiger partial charge < -0.3 is 10.6 Å². The molecule has 0 aromatic rings. The lowest BCUT2D eigenvalue weighted by molar-refractivity contribution is -0.129. The van der Waals surface area contributed by atoms with Crippen molar-refractivity contribution in [3.63, 3.8) is 0 Å². The van der Waals surface area contributed by atoms with Crippen molar-refractivity contribution in [2.75, 3.05) is 6.54 Å². The lowest BCUT2D eigenvalue weighted by atomic mass is 9.86. The monoisotopic (exact) mass is 264 g/mol. The Labute approximate surface area is 114 Å². The van der Waals surface area contributed by atoms with Gasteiger partial charge in [-0.05, 0) is 56.3 Å². The van der Waals surface area contributed by atoms with Gasteiger partial charge in [-0.3, -0.25) is 9.59 Å². The fourth-order valence-corrected chi connectivity index (χ4v) is 4.19. The molecule has 2 aliphatic carbocycles. The molecule has 4 atom stereocenters. The molecule has 0 aromatic carbocycles. The van der Waals surface area contributed by atoms with Crippen molar-refractivity contribution < 1.29 is 9.59 Å². The van der Waals surface area contributed by atoms with Crippen LogP contribution >= 0.6 is 0 Å². The van der Waals surface area contributed by atoms with Crippen LogP contribution in [0.5, 0.6) is 0 Å². The van der Waals surface area contributed by atoms with E-state index in [0.717, 1.165) is 37.6 Å². The summed E-state index contributed by atoms with van der Waals surface area (Å²) in [6.45, 7) is 0.748. The van der Waals surface area contributed by atoms with E-state index in [1.54, 1.807) is 0 Å². The van der Waals surface area contributed by atoms with E-state index in [1.807, 2.05) is 0 Å². The Morgan fingerprint density at radius 2 is 2.11 bits per heavy atom. The summed E-state index contributed by atoms with van der Waals surface area (Å²) < 4.78 is 0. The third-order valence-corrected chi connectivity index (χ3v) is 5.20. The highest BCUT2D eigenvalue weighted by Gasteiger charge is 2.40. The molecule has 3 rings (SSSR count). The molecule has 4 heteroatoms. The number of carbonyl (C=O) groups excluding carboxylic acids is 2. The molecule has 3 aliphatic rings. The highest BCUT2D eigenvalue weighted by atomic mass is 16.2. The molecule has 0 radical (unpaired) electrons. The smallest absolute Gasteiger partial charge is 0.242 e. The zero-order chi connectivity index (χ0) is 13.2. The van der Waals surface area contributed by atoms with Crippen molar-refractivity contribution in [3.8, 4) is 0 Å². The first-order chi connectivity index (χ1) is 9.22. The lowest BCUT2D eigenvalue weighted by Crippen LogP contribution is -2.46. The number of nitrogens with one attached hydrogen (secondary N) is 2. The van der Waals surface area contributed by atoms with E-state index in [2.05, 4.69) is 10.6 Å². The molecular weight excluding hydrogens is 240 g/mol. The quantitative estimate of drug-likeness (QED) is 0.813. The largest absolute Gasteiger partial charge is 0.354 e. The summed E-state index contributed by atoms with van der Waals surface area (Å²) in [5, 5.41) is 5.81. The van der Waals surface area contributed by atoms with Gasteiger partial charge in [0.05, 0.1) is 0 Å². The molecule has 4 nitrogen and oxygen atoms in total. The van der Waals surface area contributed by atoms with Gasteiger partial charge in [-0.15, -0.1) is 0 Å². The van der Waals surface area contributed by atoms with Crippen molar-refractivity contribution in [1.29, 1.82) is 0 Å². The molecule has 3 fully saturated rings. The highest BCUT2D eigenvalue weighted by molar-refractivity contribution is 5.87. The molecule has 19 heavy (non-hydrogen) atoms. The Bertz CT molecular complexity index is 369. The molecule has 106 valence electrons. The van der Waals surface area contributed by atoms with Crippen molar-refractivity contribution in [2.45, 2.75) is 57.4 Å². The topological polar surface area (TPSA) is 58.2 Å². The number of hydrogen-bond donors (Lipinski definition) is 2. The summed E-state index contributed by atoms with van der Waals surface area (Å²) in [4.78, 5) is 23.9. The molecule has 0 aromatic heterocycles. The number of rotatable bonds is 3. The van der Waals surface area contributed by atoms with Crippen LogP contribution in [-0.4, -0.2) is 24.4 Å². The van der Waals surface area contributed by atoms with E-state index in [1.165, 1.54) is 25.7 Å². The average Bonchev–Trinajstić information content (AvgIpc) is 2.93. The van der Waals surface area contributed by atoms with Gasteiger partial charge in [0.15, 0.2) is 0 Å². The van der Waals surface area contributed by atoms with Gasteiger partial charge >= 0.3 is 0 Å². The second-order valence-electron chi connectivity index (χ2n) is 6.55. The summed E-state index contributed by atoms with van der Waals surface area (Å²) in [6.07, 6.45) is 8.69. The van der Waals surface area contributed by atoms with Gasteiger partial charge in [0.25, 0.3) is 0 Å². The maximum atomic E-state index is 12.1. The van der Waals surface area contributed by atoms with Gasteiger partial charge in [0.1, 0.15) is 6.04 Å². The van der Waals surface area contributed by atoms with Crippen LogP contribution in [0.2, 0.25) is 0 Å². The summed E-state index contributed by atoms with van der Waals surface area (Å²) in [6, 6.07) is -0.298. The summed E-state index contributed by atoms with van der Waals surface area (Å²) in [5.74, 6) is 2.31. The Hall–Kier alpha value is -1.06. The predicted octanol–water partition coefficient (Wildman–Crippen LogP) is 1.60. The van der Waals surface area contributed by atoms with Crippen LogP contribution in [0.3, 0.4) is 0 Å². The van der Waals surface area contributed by atoms with Crippen LogP contribution in [0.25, 0.3) is 0 Å². The third kappa shape index (κ3) is 2.93. The number of hydrogen-bond acceptors (Lipinski definition) is 2. The Morgan fingerprint density at radius 3 is 2.84 bits per heavy atom. The maximum absolute atomic E-state index is 12.1. The first-order valence-electron chi connectivity index (χ1n) is 7.79. The van der Waals surface area contributed by atoms with E-state index in [-0.39, 0.29) is 17.9 Å². The molecule has 2 amide bonds. The number of amides is 2. The Morgan fingerprint density at radius 1 is 1.21 bits per heavy atom. The zero-order valence-electron chi connectivity index (χ0n) is 11.5. The molecule has 0 spiro atoms. The van der Waals surface area contributed by atoms with E-state index in [9.17, 15) is 9.59 Å². The van der Waals surface area contributed by atoms with E-state index < -0.39 is 0 Å². The van der Waals surface area contributed by atoms with Gasteiger partial charge in [-0.1, -0.05) is 6.42 Å². The van der Waals surface area contributed by atoms with Gasteiger partial charge in [0.2, 0.25) is 11.8 Å². The minimum atomic E-state index is -0.298. The Kier molecular flexibility index (Phi) is 3.76. The highest BCUT2D eigenvalue weighted by Crippen LogP contribution is 2.49. The lowest BCUT2D eigenvalue weighted by Gasteiger charge is -2.22. The fourth-order valence-electron chi connectivity index (χ4n) is 4.19. The standard InChI is InChI=1S/C15H24N2O2/c18-14(9-12-8-10-4-5-11(12)7-10)17-13-3-1-2-6-16-15(13)19/h10-13H,1-9H2,(H,16,19)(H,17,18). The van der Waals surface area contributed by atoms with E-state index in [4.69, 9.17) is 0 Å². The average molecular weight is 264 g/mol. The van der Waals surface area contributed by atoms with Gasteiger partial charge in [-0.25, -0.2) is 0 Å². The van der Waals surface area contributed by atoms with Crippen molar-refractivity contribution in [1.82, 2.24) is 10.6 Å². The molecule has 2 N–H and O–H groups in total. The van der Waals surface area contributed by atoms with Crippen molar-refractivity contribution >= 4 is 11.8 Å². The van der Waals surface area contributed by atoms with Gasteiger partial charge in [0, 0.05) is 13.0 Å². The van der Waals surface area contributed by atoms with Crippen molar-refractivity contribution in [3.05, 3.63) is 0 Å². The number of carbonyl (C=O) groups is 2. The summed E-state index contributed by atoms with van der Waals surface area (Å²) in [5.41, 5.74) is 0. The SMILES string of the molecule is O=C(CC1CC2CCC1C2)NC1CCCCNC1=O. The van der Waals surface area contributed by atoms with Crippen LogP contribution in [0.1, 0.15) is 51.4 Å². The van der Waals surface area contributed by atoms with Crippen LogP contribution in [0.15, 0.2) is 0 Å². The second-order valence-corrected chi connectivity index (χ2v) is 6.55. The fraction of sp³-hybridized carbons (Fsp3) is 0.867. The summed E-state index contributed by atoms with van der Waals surface area (Å²) >= 11 is 0. The van der Waals surface area contributed by atoms with Crippen LogP contribution < -0.4 is 10.6 Å². The minimum Gasteiger partial charge on any atom is -0.354 e. The number of fused-ring (bicyclic) bond motifs is 2. The minimum absolute atomic E-state index is 0.00112. The Balaban J connectivity index is 1.49. The first-order valence-corrected chi connectivity index (χ1v) is 7.79. The van der Waals surface area contributed by atoms with Gasteiger partial charge in [-0.2, -0.15) is 0 Å². The van der Waals surface area contributed by atoms with Crippen LogP contribution in [0, 0.1) is 17.8 Å². The molecular formula is C15H24N2O2. The third-order valence-electron chi connectivity index (χ3n) is 5.20.